The third-order valence-electron chi connectivity index (χ3n) is 8.93. The quantitative estimate of drug-likeness (QED) is 0.116. The fraction of sp³-hybridized carbons (Fsp3) is 0.395. The zero-order valence-electron chi connectivity index (χ0n) is 30.7. The molecule has 3 aromatic rings. The number of nitrogens with zero attached hydrogens (tertiary/aromatic N) is 5. The Balaban J connectivity index is 1.23. The first kappa shape index (κ1) is 42.4. The Bertz CT molecular complexity index is 2020. The van der Waals surface area contributed by atoms with Crippen LogP contribution < -0.4 is 0 Å². The summed E-state index contributed by atoms with van der Waals surface area (Å²) in [6.45, 7) is 2.92. The average molecular weight is 814 g/mol. The molecule has 3 heterocycles. The van der Waals surface area contributed by atoms with E-state index in [0.29, 0.717) is 6.07 Å². The molecule has 3 atom stereocenters. The number of benzene rings is 2. The van der Waals surface area contributed by atoms with Crippen molar-refractivity contribution in [2.45, 2.75) is 61.9 Å². The Morgan fingerprint density at radius 3 is 2.46 bits per heavy atom. The minimum Gasteiger partial charge on any atom is -0.481 e. The van der Waals surface area contributed by atoms with Crippen LogP contribution in [0.5, 0.6) is 0 Å². The third kappa shape index (κ3) is 11.4. The lowest BCUT2D eigenvalue weighted by atomic mass is 9.89. The molecule has 57 heavy (non-hydrogen) atoms. The highest BCUT2D eigenvalue weighted by molar-refractivity contribution is 8.00. The van der Waals surface area contributed by atoms with Crippen LogP contribution in [0.25, 0.3) is 6.08 Å². The van der Waals surface area contributed by atoms with Gasteiger partial charge in [-0.25, -0.2) is 27.6 Å². The zero-order chi connectivity index (χ0) is 41.1. The number of carbonyl (C=O) groups is 4. The van der Waals surface area contributed by atoms with Crippen LogP contribution in [0.3, 0.4) is 0 Å². The highest BCUT2D eigenvalue weighted by Crippen LogP contribution is 2.42. The van der Waals surface area contributed by atoms with Gasteiger partial charge in [0.15, 0.2) is 11.9 Å². The number of hydrogen-bond acceptors (Lipinski definition) is 13. The van der Waals surface area contributed by atoms with Gasteiger partial charge in [-0.3, -0.25) is 14.4 Å². The van der Waals surface area contributed by atoms with E-state index in [0.717, 1.165) is 18.2 Å². The number of likely N-dealkylation sites (tertiary alicyclic amines) is 1. The zero-order valence-corrected chi connectivity index (χ0v) is 31.5. The van der Waals surface area contributed by atoms with Crippen molar-refractivity contribution in [1.82, 2.24) is 19.7 Å². The standard InChI is InChI=1S/C38H38F3N5O10S/c1-23(57-29-18-52-35(53-19-29)6-4-3-5-26-8-7-25(15-42)13-31(26)40)38(20-46-22-43-21-44-46,30-10-9-28(39)14-32(30)41)56-37(51)55-24(2)54-34(48)12-11-33(47)45-16-27(17-45)36(49)50/h3-10,13-14,21-24,27,29,35H,11-12,16-20H2,1-2H3,(H,49,50). The topological polar surface area (TPSA) is 192 Å². The molecule has 0 radical (unpaired) electrons. The number of carboxylic acid groups (broad SMARTS) is 1. The lowest BCUT2D eigenvalue weighted by molar-refractivity contribution is -0.173. The van der Waals surface area contributed by atoms with E-state index in [2.05, 4.69) is 10.1 Å². The molecular weight excluding hydrogens is 776 g/mol. The highest BCUT2D eigenvalue weighted by Gasteiger charge is 2.47. The van der Waals surface area contributed by atoms with Gasteiger partial charge in [-0.1, -0.05) is 24.3 Å². The fourth-order valence-electron chi connectivity index (χ4n) is 5.91. The molecule has 302 valence electrons. The third-order valence-corrected chi connectivity index (χ3v) is 10.4. The van der Waals surface area contributed by atoms with Crippen molar-refractivity contribution in [3.05, 3.63) is 101 Å². The molecule has 3 unspecified atom stereocenters. The first-order valence-electron chi connectivity index (χ1n) is 17.6. The van der Waals surface area contributed by atoms with Gasteiger partial charge in [0.1, 0.15) is 30.1 Å². The molecule has 0 saturated carbocycles. The number of thioether (sulfide) groups is 1. The Labute approximate surface area is 329 Å². The number of allylic oxidation sites excluding steroid dienone is 2. The molecule has 0 bridgehead atoms. The number of nitriles is 1. The van der Waals surface area contributed by atoms with Crippen molar-refractivity contribution in [3.8, 4) is 6.07 Å². The van der Waals surface area contributed by atoms with Crippen LogP contribution in [0.4, 0.5) is 18.0 Å². The van der Waals surface area contributed by atoms with Crippen LogP contribution in [0, 0.1) is 34.7 Å². The summed E-state index contributed by atoms with van der Waals surface area (Å²) in [7, 11) is 0. The molecule has 15 nitrogen and oxygen atoms in total. The summed E-state index contributed by atoms with van der Waals surface area (Å²) < 4.78 is 73.4. The van der Waals surface area contributed by atoms with Gasteiger partial charge >= 0.3 is 18.1 Å². The molecule has 0 aliphatic carbocycles. The van der Waals surface area contributed by atoms with Gasteiger partial charge in [0.05, 0.1) is 49.0 Å². The largest absolute Gasteiger partial charge is 0.512 e. The van der Waals surface area contributed by atoms with E-state index in [1.54, 1.807) is 25.2 Å². The van der Waals surface area contributed by atoms with Gasteiger partial charge in [0, 0.05) is 48.9 Å². The van der Waals surface area contributed by atoms with Gasteiger partial charge in [-0.15, -0.1) is 11.8 Å². The van der Waals surface area contributed by atoms with E-state index < -0.39 is 70.8 Å². The Morgan fingerprint density at radius 2 is 1.81 bits per heavy atom. The second kappa shape index (κ2) is 19.4. The molecule has 2 aromatic carbocycles. The lowest BCUT2D eigenvalue weighted by Gasteiger charge is -2.40. The van der Waals surface area contributed by atoms with E-state index >= 15 is 4.39 Å². The number of ether oxygens (including phenoxy) is 5. The second-order valence-corrected chi connectivity index (χ2v) is 14.6. The summed E-state index contributed by atoms with van der Waals surface area (Å²) in [5.74, 6) is -5.45. The summed E-state index contributed by atoms with van der Waals surface area (Å²) in [5.41, 5.74) is -1.68. The summed E-state index contributed by atoms with van der Waals surface area (Å²) in [6, 6.07) is 8.77. The number of carboxylic acids is 1. The molecule has 0 spiro atoms. The normalized spacial score (nSPS) is 19.3. The summed E-state index contributed by atoms with van der Waals surface area (Å²) in [6.07, 6.45) is 4.57. The Hall–Kier alpha value is -5.71. The van der Waals surface area contributed by atoms with Crippen molar-refractivity contribution in [1.29, 1.82) is 5.26 Å². The number of aromatic nitrogens is 3. The smallest absolute Gasteiger partial charge is 0.481 e. The number of rotatable bonds is 16. The molecule has 1 aromatic heterocycles. The van der Waals surface area contributed by atoms with Crippen molar-refractivity contribution in [2.24, 2.45) is 5.92 Å². The van der Waals surface area contributed by atoms with Crippen LogP contribution in [-0.2, 0) is 50.2 Å². The first-order chi connectivity index (χ1) is 27.3. The van der Waals surface area contributed by atoms with E-state index in [1.807, 2.05) is 6.07 Å². The first-order valence-corrected chi connectivity index (χ1v) is 18.5. The molecule has 2 saturated heterocycles. The number of hydrogen-bond donors (Lipinski definition) is 1. The number of carbonyl (C=O) groups excluding carboxylic acids is 3. The van der Waals surface area contributed by atoms with E-state index in [4.69, 9.17) is 34.1 Å². The molecule has 1 N–H and O–H groups in total. The summed E-state index contributed by atoms with van der Waals surface area (Å²) in [4.78, 5) is 54.4. The van der Waals surface area contributed by atoms with Crippen molar-refractivity contribution < 1.29 is 61.1 Å². The highest BCUT2D eigenvalue weighted by atomic mass is 32.2. The van der Waals surface area contributed by atoms with Crippen molar-refractivity contribution >= 4 is 41.8 Å². The predicted octanol–water partition coefficient (Wildman–Crippen LogP) is 4.96. The minimum absolute atomic E-state index is 0.0414. The molecule has 2 aliphatic heterocycles. The maximum Gasteiger partial charge on any atom is 0.512 e. The second-order valence-electron chi connectivity index (χ2n) is 13.0. The number of halogens is 3. The molecule has 5 rings (SSSR count). The maximum atomic E-state index is 15.7. The molecule has 2 aliphatic rings. The van der Waals surface area contributed by atoms with Crippen LogP contribution in [0.2, 0.25) is 0 Å². The van der Waals surface area contributed by atoms with Crippen LogP contribution >= 0.6 is 11.8 Å². The maximum absolute atomic E-state index is 15.7. The lowest BCUT2D eigenvalue weighted by Crippen LogP contribution is -2.53. The van der Waals surface area contributed by atoms with Gasteiger partial charge in [0.25, 0.3) is 0 Å². The van der Waals surface area contributed by atoms with Gasteiger partial charge in [-0.05, 0) is 37.3 Å². The fourth-order valence-corrected chi connectivity index (χ4v) is 7.27. The van der Waals surface area contributed by atoms with Gasteiger partial charge in [0.2, 0.25) is 12.2 Å². The molecular formula is C38H38F3N5O10S. The number of aliphatic carboxylic acids is 1. The monoisotopic (exact) mass is 813 g/mol. The average Bonchev–Trinajstić information content (AvgIpc) is 3.65. The van der Waals surface area contributed by atoms with E-state index in [9.17, 15) is 28.0 Å². The van der Waals surface area contributed by atoms with Crippen LogP contribution in [0.15, 0.2) is 67.3 Å². The summed E-state index contributed by atoms with van der Waals surface area (Å²) >= 11 is 1.22. The minimum atomic E-state index is -1.95. The van der Waals surface area contributed by atoms with Crippen LogP contribution in [-0.4, -0.2) is 98.2 Å². The van der Waals surface area contributed by atoms with Crippen molar-refractivity contribution in [3.63, 3.8) is 0 Å². The molecule has 2 fully saturated rings. The van der Waals surface area contributed by atoms with Gasteiger partial charge in [-0.2, -0.15) is 10.4 Å². The molecule has 19 heteroatoms. The predicted molar refractivity (Wildman–Crippen MR) is 194 cm³/mol. The van der Waals surface area contributed by atoms with E-state index in [-0.39, 0.29) is 67.6 Å². The number of amides is 1. The Kier molecular flexibility index (Phi) is 14.5. The Morgan fingerprint density at radius 1 is 1.05 bits per heavy atom. The summed E-state index contributed by atoms with van der Waals surface area (Å²) in [5, 5.41) is 20.8. The SMILES string of the molecule is CC(OC(=O)CCC(=O)N1CC(C(=O)O)C1)OC(=O)OC(Cn1cncn1)(c1ccc(F)cc1F)C(C)SC1COC(C=CC=Cc2ccc(C#N)cc2F)OC1. The number of esters is 1. The van der Waals surface area contributed by atoms with E-state index in [1.165, 1.54) is 59.1 Å². The van der Waals surface area contributed by atoms with Crippen molar-refractivity contribution in [2.75, 3.05) is 26.3 Å². The van der Waals surface area contributed by atoms with Crippen LogP contribution in [0.1, 0.15) is 43.4 Å². The molecule has 1 amide bonds. The van der Waals surface area contributed by atoms with Gasteiger partial charge < -0.3 is 33.7 Å².